The smallest absolute Gasteiger partial charge is 0.302 e. The van der Waals surface area contributed by atoms with Crippen LogP contribution in [-0.4, -0.2) is 60.9 Å². The van der Waals surface area contributed by atoms with Crippen molar-refractivity contribution in [1.82, 2.24) is 0 Å². The van der Waals surface area contributed by atoms with Gasteiger partial charge in [0.2, 0.25) is 0 Å². The fourth-order valence-corrected chi connectivity index (χ4v) is 2.87. The number of esters is 1. The lowest BCUT2D eigenvalue weighted by Crippen LogP contribution is -2.56. The lowest BCUT2D eigenvalue weighted by Gasteiger charge is -2.42. The summed E-state index contributed by atoms with van der Waals surface area (Å²) in [5, 5.41) is 19.9. The molecule has 7 heteroatoms. The van der Waals surface area contributed by atoms with Crippen molar-refractivity contribution in [2.45, 2.75) is 44.9 Å². The molecule has 1 aromatic rings. The van der Waals surface area contributed by atoms with Crippen molar-refractivity contribution in [1.29, 1.82) is 0 Å². The van der Waals surface area contributed by atoms with Gasteiger partial charge in [-0.05, 0) is 17.7 Å². The number of hydrogen-bond donors (Lipinski definition) is 2. The molecule has 2 rings (SSSR count). The van der Waals surface area contributed by atoms with Crippen molar-refractivity contribution >= 4 is 5.97 Å². The molecule has 5 atom stereocenters. The van der Waals surface area contributed by atoms with Gasteiger partial charge in [-0.3, -0.25) is 4.79 Å². The number of carbonyl (C=O) groups excluding carboxylic acids is 1. The Bertz CT molecular complexity index is 545. The number of ether oxygens (including phenoxy) is 4. The SMILES string of the molecule is COc1ccc(CO[C@@H]2[C@@H](C)[C@H](COC(C)=O)O[C@H](CO)[C@H]2O)cc1. The maximum Gasteiger partial charge on any atom is 0.302 e. The van der Waals surface area contributed by atoms with Crippen LogP contribution >= 0.6 is 0 Å². The number of benzene rings is 1. The van der Waals surface area contributed by atoms with E-state index in [1.807, 2.05) is 31.2 Å². The number of aliphatic hydroxyl groups is 2. The maximum atomic E-state index is 11.0. The third kappa shape index (κ3) is 5.15. The van der Waals surface area contributed by atoms with Crippen molar-refractivity contribution in [2.24, 2.45) is 5.92 Å². The summed E-state index contributed by atoms with van der Waals surface area (Å²) >= 11 is 0. The van der Waals surface area contributed by atoms with E-state index in [4.69, 9.17) is 18.9 Å². The summed E-state index contributed by atoms with van der Waals surface area (Å²) in [4.78, 5) is 11.0. The van der Waals surface area contributed by atoms with Gasteiger partial charge in [-0.2, -0.15) is 0 Å². The van der Waals surface area contributed by atoms with Crippen LogP contribution in [0, 0.1) is 5.92 Å². The molecule has 0 aromatic heterocycles. The predicted octanol–water partition coefficient (Wildman–Crippen LogP) is 0.900. The lowest BCUT2D eigenvalue weighted by atomic mass is 9.88. The normalized spacial score (nSPS) is 29.2. The van der Waals surface area contributed by atoms with Gasteiger partial charge in [0.1, 0.15) is 24.6 Å². The molecule has 1 aliphatic heterocycles. The van der Waals surface area contributed by atoms with Crippen molar-refractivity contribution in [3.05, 3.63) is 29.8 Å². The molecule has 1 aromatic carbocycles. The summed E-state index contributed by atoms with van der Waals surface area (Å²) in [5.41, 5.74) is 0.934. The summed E-state index contributed by atoms with van der Waals surface area (Å²) in [6.07, 6.45) is -2.75. The topological polar surface area (TPSA) is 94.5 Å². The van der Waals surface area contributed by atoms with E-state index >= 15 is 0 Å². The monoisotopic (exact) mass is 354 g/mol. The molecule has 0 aliphatic carbocycles. The minimum atomic E-state index is -0.966. The Labute approximate surface area is 147 Å². The van der Waals surface area contributed by atoms with Crippen LogP contribution in [-0.2, 0) is 25.6 Å². The minimum absolute atomic E-state index is 0.0577. The fourth-order valence-electron chi connectivity index (χ4n) is 2.87. The molecule has 0 unspecified atom stereocenters. The average Bonchev–Trinajstić information content (AvgIpc) is 2.61. The molecule has 0 saturated carbocycles. The zero-order chi connectivity index (χ0) is 18.4. The van der Waals surface area contributed by atoms with E-state index in [1.165, 1.54) is 6.92 Å². The highest BCUT2D eigenvalue weighted by molar-refractivity contribution is 5.65. The highest BCUT2D eigenvalue weighted by Gasteiger charge is 2.43. The average molecular weight is 354 g/mol. The first-order valence-electron chi connectivity index (χ1n) is 8.28. The number of aliphatic hydroxyl groups excluding tert-OH is 2. The van der Waals surface area contributed by atoms with Gasteiger partial charge in [-0.15, -0.1) is 0 Å². The molecule has 0 amide bonds. The Morgan fingerprint density at radius 3 is 2.48 bits per heavy atom. The van der Waals surface area contributed by atoms with E-state index in [9.17, 15) is 15.0 Å². The summed E-state index contributed by atoms with van der Waals surface area (Å²) < 4.78 is 21.7. The minimum Gasteiger partial charge on any atom is -0.497 e. The first-order valence-corrected chi connectivity index (χ1v) is 8.28. The third-order valence-electron chi connectivity index (χ3n) is 4.40. The molecule has 1 saturated heterocycles. The van der Waals surface area contributed by atoms with E-state index in [0.717, 1.165) is 11.3 Å². The Morgan fingerprint density at radius 2 is 1.92 bits per heavy atom. The molecular weight excluding hydrogens is 328 g/mol. The van der Waals surface area contributed by atoms with Crippen LogP contribution in [0.1, 0.15) is 19.4 Å². The van der Waals surface area contributed by atoms with Gasteiger partial charge in [0.15, 0.2) is 0 Å². The van der Waals surface area contributed by atoms with Gasteiger partial charge in [0.25, 0.3) is 0 Å². The van der Waals surface area contributed by atoms with E-state index in [1.54, 1.807) is 7.11 Å². The second kappa shape index (κ2) is 9.15. The standard InChI is InChI=1S/C18H26O7/c1-11-16(10-23-12(2)20)25-15(8-19)17(21)18(11)24-9-13-4-6-14(22-3)7-5-13/h4-7,11,15-19,21H,8-10H2,1-3H3/t11-,15+,16-,17+,18+/m0/s1. The van der Waals surface area contributed by atoms with Crippen molar-refractivity contribution in [3.63, 3.8) is 0 Å². The molecule has 140 valence electrons. The van der Waals surface area contributed by atoms with E-state index < -0.39 is 30.4 Å². The Balaban J connectivity index is 2.02. The summed E-state index contributed by atoms with van der Waals surface area (Å²) in [5.74, 6) is 0.138. The molecule has 1 heterocycles. The van der Waals surface area contributed by atoms with Crippen LogP contribution in [0.2, 0.25) is 0 Å². The fraction of sp³-hybridized carbons (Fsp3) is 0.611. The molecular formula is C18H26O7. The van der Waals surface area contributed by atoms with Crippen LogP contribution in [0.25, 0.3) is 0 Å². The molecule has 1 fully saturated rings. The van der Waals surface area contributed by atoms with Crippen LogP contribution in [0.4, 0.5) is 0 Å². The zero-order valence-electron chi connectivity index (χ0n) is 14.8. The Kier molecular flexibility index (Phi) is 7.19. The van der Waals surface area contributed by atoms with Crippen molar-refractivity contribution in [3.8, 4) is 5.75 Å². The molecule has 1 aliphatic rings. The number of rotatable bonds is 7. The molecule has 7 nitrogen and oxygen atoms in total. The number of methoxy groups -OCH3 is 1. The van der Waals surface area contributed by atoms with E-state index in [0.29, 0.717) is 6.61 Å². The second-order valence-corrected chi connectivity index (χ2v) is 6.17. The van der Waals surface area contributed by atoms with Gasteiger partial charge < -0.3 is 29.2 Å². The van der Waals surface area contributed by atoms with Gasteiger partial charge in [0, 0.05) is 12.8 Å². The third-order valence-corrected chi connectivity index (χ3v) is 4.40. The van der Waals surface area contributed by atoms with Crippen LogP contribution in [0.5, 0.6) is 5.75 Å². The molecule has 2 N–H and O–H groups in total. The van der Waals surface area contributed by atoms with E-state index in [2.05, 4.69) is 0 Å². The Morgan fingerprint density at radius 1 is 1.24 bits per heavy atom. The summed E-state index contributed by atoms with van der Waals surface area (Å²) in [6.45, 7) is 3.21. The van der Waals surface area contributed by atoms with Crippen LogP contribution < -0.4 is 4.74 Å². The molecule has 0 radical (unpaired) electrons. The number of hydrogen-bond acceptors (Lipinski definition) is 7. The highest BCUT2D eigenvalue weighted by atomic mass is 16.6. The maximum absolute atomic E-state index is 11.0. The van der Waals surface area contributed by atoms with Crippen molar-refractivity contribution < 1.29 is 34.0 Å². The van der Waals surface area contributed by atoms with Crippen LogP contribution in [0.3, 0.4) is 0 Å². The predicted molar refractivity (Wildman–Crippen MR) is 89.1 cm³/mol. The molecule has 25 heavy (non-hydrogen) atoms. The quantitative estimate of drug-likeness (QED) is 0.703. The summed E-state index contributed by atoms with van der Waals surface area (Å²) in [7, 11) is 1.60. The van der Waals surface area contributed by atoms with Gasteiger partial charge >= 0.3 is 5.97 Å². The lowest BCUT2D eigenvalue weighted by molar-refractivity contribution is -0.230. The first kappa shape index (κ1) is 19.7. The zero-order valence-corrected chi connectivity index (χ0v) is 14.8. The largest absolute Gasteiger partial charge is 0.497 e. The highest BCUT2D eigenvalue weighted by Crippen LogP contribution is 2.29. The van der Waals surface area contributed by atoms with Crippen LogP contribution in [0.15, 0.2) is 24.3 Å². The van der Waals surface area contributed by atoms with Gasteiger partial charge in [0.05, 0.1) is 32.5 Å². The molecule has 0 spiro atoms. The first-order chi connectivity index (χ1) is 12.0. The second-order valence-electron chi connectivity index (χ2n) is 6.17. The van der Waals surface area contributed by atoms with Gasteiger partial charge in [-0.25, -0.2) is 0 Å². The summed E-state index contributed by atoms with van der Waals surface area (Å²) in [6, 6.07) is 7.44. The van der Waals surface area contributed by atoms with Crippen molar-refractivity contribution in [2.75, 3.05) is 20.3 Å². The number of carbonyl (C=O) groups is 1. The van der Waals surface area contributed by atoms with Gasteiger partial charge in [-0.1, -0.05) is 19.1 Å². The van der Waals surface area contributed by atoms with E-state index in [-0.39, 0.29) is 19.1 Å². The Hall–Kier alpha value is -1.67. The molecule has 0 bridgehead atoms.